The van der Waals surface area contributed by atoms with Crippen molar-refractivity contribution in [1.82, 2.24) is 9.80 Å². The molecule has 2 aliphatic heterocycles. The van der Waals surface area contributed by atoms with Gasteiger partial charge in [-0.1, -0.05) is 20.4 Å². The Bertz CT molecular complexity index is 511. The van der Waals surface area contributed by atoms with Gasteiger partial charge in [0.15, 0.2) is 11.5 Å². The van der Waals surface area contributed by atoms with E-state index in [1.807, 2.05) is 17.9 Å². The Morgan fingerprint density at radius 1 is 1.14 bits per heavy atom. The fourth-order valence-electron chi connectivity index (χ4n) is 2.82. The zero-order valence-corrected chi connectivity index (χ0v) is 12.5. The molecule has 22 heavy (non-hydrogen) atoms. The molecule has 0 atom stereocenters. The number of hydrogen-bond acceptors (Lipinski definition) is 4. The third kappa shape index (κ3) is 3.71. The summed E-state index contributed by atoms with van der Waals surface area (Å²) in [5, 5.41) is 0. The molecule has 5 nitrogen and oxygen atoms in total. The summed E-state index contributed by atoms with van der Waals surface area (Å²) in [4.78, 5) is 16.2. The van der Waals surface area contributed by atoms with E-state index in [1.54, 1.807) is 0 Å². The van der Waals surface area contributed by atoms with Gasteiger partial charge >= 0.3 is 0 Å². The standard InChI is InChI=1S/C16H22N2O3.CH4/c1-2-3-16(19)18-8-6-17(7-9-18)11-13-4-5-14-15(10-13)21-12-20-14;/h4-5,10H,2-3,6-9,11-12H2,1H3;1H4. The highest BCUT2D eigenvalue weighted by Crippen LogP contribution is 2.32. The van der Waals surface area contributed by atoms with Gasteiger partial charge < -0.3 is 14.4 Å². The number of nitrogens with zero attached hydrogens (tertiary/aromatic N) is 2. The Kier molecular flexibility index (Phi) is 5.66. The fraction of sp³-hybridized carbons (Fsp3) is 0.588. The minimum Gasteiger partial charge on any atom is -0.454 e. The van der Waals surface area contributed by atoms with E-state index in [4.69, 9.17) is 9.47 Å². The lowest BCUT2D eigenvalue weighted by atomic mass is 10.1. The molecule has 0 spiro atoms. The van der Waals surface area contributed by atoms with E-state index < -0.39 is 0 Å². The van der Waals surface area contributed by atoms with Crippen molar-refractivity contribution in [3.05, 3.63) is 23.8 Å². The molecule has 1 amide bonds. The van der Waals surface area contributed by atoms with E-state index in [1.165, 1.54) is 5.56 Å². The first kappa shape index (κ1) is 16.6. The van der Waals surface area contributed by atoms with Gasteiger partial charge in [-0.3, -0.25) is 9.69 Å². The number of carbonyl (C=O) groups is 1. The molecule has 0 aromatic heterocycles. The maximum atomic E-state index is 11.9. The lowest BCUT2D eigenvalue weighted by Crippen LogP contribution is -2.48. The Morgan fingerprint density at radius 2 is 1.86 bits per heavy atom. The molecule has 0 aliphatic carbocycles. The van der Waals surface area contributed by atoms with Gasteiger partial charge in [0.05, 0.1) is 0 Å². The van der Waals surface area contributed by atoms with Gasteiger partial charge in [0.1, 0.15) is 0 Å². The van der Waals surface area contributed by atoms with Crippen LogP contribution in [0.4, 0.5) is 0 Å². The number of benzene rings is 1. The Labute approximate surface area is 132 Å². The zero-order chi connectivity index (χ0) is 14.7. The van der Waals surface area contributed by atoms with Gasteiger partial charge in [0.2, 0.25) is 12.7 Å². The molecular formula is C17H26N2O3. The first-order valence-electron chi connectivity index (χ1n) is 7.65. The highest BCUT2D eigenvalue weighted by molar-refractivity contribution is 5.76. The first-order valence-corrected chi connectivity index (χ1v) is 7.65. The molecule has 0 bridgehead atoms. The van der Waals surface area contributed by atoms with E-state index in [0.29, 0.717) is 19.1 Å². The van der Waals surface area contributed by atoms with Gasteiger partial charge in [-0.25, -0.2) is 0 Å². The number of ether oxygens (including phenoxy) is 2. The number of rotatable bonds is 4. The number of amides is 1. The minimum absolute atomic E-state index is 0. The first-order chi connectivity index (χ1) is 10.3. The Balaban J connectivity index is 0.00000176. The van der Waals surface area contributed by atoms with Crippen LogP contribution in [0.15, 0.2) is 18.2 Å². The van der Waals surface area contributed by atoms with Gasteiger partial charge in [-0.15, -0.1) is 0 Å². The average Bonchev–Trinajstić information content (AvgIpc) is 2.96. The van der Waals surface area contributed by atoms with Crippen LogP contribution in [0.3, 0.4) is 0 Å². The summed E-state index contributed by atoms with van der Waals surface area (Å²) in [6.45, 7) is 6.80. The summed E-state index contributed by atoms with van der Waals surface area (Å²) < 4.78 is 10.7. The summed E-state index contributed by atoms with van der Waals surface area (Å²) in [5.74, 6) is 1.96. The topological polar surface area (TPSA) is 42.0 Å². The summed E-state index contributed by atoms with van der Waals surface area (Å²) in [7, 11) is 0. The number of carbonyl (C=O) groups excluding carboxylic acids is 1. The molecule has 1 aromatic carbocycles. The van der Waals surface area contributed by atoms with E-state index >= 15 is 0 Å². The van der Waals surface area contributed by atoms with Crippen LogP contribution in [0, 0.1) is 0 Å². The van der Waals surface area contributed by atoms with Crippen molar-refractivity contribution in [2.45, 2.75) is 33.7 Å². The smallest absolute Gasteiger partial charge is 0.231 e. The van der Waals surface area contributed by atoms with Crippen molar-refractivity contribution >= 4 is 5.91 Å². The van der Waals surface area contributed by atoms with Crippen LogP contribution in [0.25, 0.3) is 0 Å². The second-order valence-electron chi connectivity index (χ2n) is 5.59. The molecule has 0 saturated carbocycles. The second-order valence-corrected chi connectivity index (χ2v) is 5.59. The van der Waals surface area contributed by atoms with E-state index in [9.17, 15) is 4.79 Å². The van der Waals surface area contributed by atoms with Crippen molar-refractivity contribution in [1.29, 1.82) is 0 Å². The number of fused-ring (bicyclic) bond motifs is 1. The summed E-state index contributed by atoms with van der Waals surface area (Å²) >= 11 is 0. The maximum absolute atomic E-state index is 11.9. The third-order valence-electron chi connectivity index (χ3n) is 4.03. The molecule has 0 radical (unpaired) electrons. The van der Waals surface area contributed by atoms with Gasteiger partial charge in [0.25, 0.3) is 0 Å². The Hall–Kier alpha value is -1.75. The fourth-order valence-corrected chi connectivity index (χ4v) is 2.82. The molecule has 2 aliphatic rings. The van der Waals surface area contributed by atoms with Crippen LogP contribution in [0.2, 0.25) is 0 Å². The van der Waals surface area contributed by atoms with Crippen LogP contribution in [0.5, 0.6) is 11.5 Å². The van der Waals surface area contributed by atoms with Crippen LogP contribution < -0.4 is 9.47 Å². The highest BCUT2D eigenvalue weighted by Gasteiger charge is 2.21. The lowest BCUT2D eigenvalue weighted by Gasteiger charge is -2.34. The van der Waals surface area contributed by atoms with Crippen molar-refractivity contribution < 1.29 is 14.3 Å². The average molecular weight is 306 g/mol. The predicted molar refractivity (Wildman–Crippen MR) is 86.1 cm³/mol. The third-order valence-corrected chi connectivity index (χ3v) is 4.03. The molecule has 1 saturated heterocycles. The largest absolute Gasteiger partial charge is 0.454 e. The monoisotopic (exact) mass is 306 g/mol. The van der Waals surface area contributed by atoms with Crippen molar-refractivity contribution in [3.8, 4) is 11.5 Å². The number of piperazine rings is 1. The summed E-state index contributed by atoms with van der Waals surface area (Å²) in [5.41, 5.74) is 1.23. The van der Waals surface area contributed by atoms with Crippen molar-refractivity contribution in [2.24, 2.45) is 0 Å². The normalized spacial score (nSPS) is 17.2. The second kappa shape index (κ2) is 7.49. The van der Waals surface area contributed by atoms with Crippen molar-refractivity contribution in [2.75, 3.05) is 33.0 Å². The quantitative estimate of drug-likeness (QED) is 0.857. The van der Waals surface area contributed by atoms with Gasteiger partial charge in [0, 0.05) is 39.1 Å². The van der Waals surface area contributed by atoms with E-state index in [2.05, 4.69) is 17.0 Å². The van der Waals surface area contributed by atoms with Crippen LogP contribution >= 0.6 is 0 Å². The summed E-state index contributed by atoms with van der Waals surface area (Å²) in [6, 6.07) is 6.11. The molecule has 2 heterocycles. The highest BCUT2D eigenvalue weighted by atomic mass is 16.7. The zero-order valence-electron chi connectivity index (χ0n) is 12.5. The molecule has 3 rings (SSSR count). The molecule has 1 aromatic rings. The molecule has 122 valence electrons. The summed E-state index contributed by atoms with van der Waals surface area (Å²) in [6.07, 6.45) is 1.60. The van der Waals surface area contributed by atoms with E-state index in [0.717, 1.165) is 50.6 Å². The molecule has 5 heteroatoms. The number of hydrogen-bond donors (Lipinski definition) is 0. The minimum atomic E-state index is 0. The van der Waals surface area contributed by atoms with Crippen molar-refractivity contribution in [3.63, 3.8) is 0 Å². The lowest BCUT2D eigenvalue weighted by molar-refractivity contribution is -0.133. The van der Waals surface area contributed by atoms with Crippen LogP contribution in [-0.2, 0) is 11.3 Å². The Morgan fingerprint density at radius 3 is 2.59 bits per heavy atom. The molecule has 0 N–H and O–H groups in total. The maximum Gasteiger partial charge on any atom is 0.231 e. The van der Waals surface area contributed by atoms with Crippen LogP contribution in [0.1, 0.15) is 32.8 Å². The molecule has 0 unspecified atom stereocenters. The van der Waals surface area contributed by atoms with E-state index in [-0.39, 0.29) is 7.43 Å². The SMILES string of the molecule is C.CCCC(=O)N1CCN(Cc2ccc3c(c2)OCO3)CC1. The predicted octanol–water partition coefficient (Wildman–Crippen LogP) is 2.50. The van der Waals surface area contributed by atoms with Gasteiger partial charge in [-0.05, 0) is 24.1 Å². The van der Waals surface area contributed by atoms with Crippen LogP contribution in [-0.4, -0.2) is 48.7 Å². The van der Waals surface area contributed by atoms with Gasteiger partial charge in [-0.2, -0.15) is 0 Å². The molecule has 1 fully saturated rings. The molecular weight excluding hydrogens is 280 g/mol.